The van der Waals surface area contributed by atoms with Crippen molar-refractivity contribution in [3.05, 3.63) is 52.8 Å². The Kier molecular flexibility index (Phi) is 3.54. The number of aromatic nitrogens is 2. The number of imidazole rings is 1. The van der Waals surface area contributed by atoms with Crippen molar-refractivity contribution in [2.75, 3.05) is 11.4 Å². The summed E-state index contributed by atoms with van der Waals surface area (Å²) in [5, 5.41) is 0. The van der Waals surface area contributed by atoms with E-state index in [-0.39, 0.29) is 12.0 Å². The van der Waals surface area contributed by atoms with Crippen LogP contribution in [0.1, 0.15) is 41.5 Å². The second-order valence-corrected chi connectivity index (χ2v) is 7.59. The number of carbonyl (C=O) groups is 1. The van der Waals surface area contributed by atoms with Gasteiger partial charge in [-0.25, -0.2) is 4.98 Å². The predicted octanol–water partition coefficient (Wildman–Crippen LogP) is 3.99. The predicted molar refractivity (Wildman–Crippen MR) is 105 cm³/mol. The summed E-state index contributed by atoms with van der Waals surface area (Å²) < 4.78 is 8.63. The van der Waals surface area contributed by atoms with E-state index in [9.17, 15) is 4.79 Å². The summed E-state index contributed by atoms with van der Waals surface area (Å²) in [5.74, 6) is 1.99. The number of hydrogen-bond acceptors (Lipinski definition) is 3. The molecule has 1 saturated heterocycles. The second kappa shape index (κ2) is 5.84. The van der Waals surface area contributed by atoms with Crippen LogP contribution in [0.5, 0.6) is 5.75 Å². The number of rotatable bonds is 2. The lowest BCUT2D eigenvalue weighted by Gasteiger charge is -2.36. The van der Waals surface area contributed by atoms with Crippen molar-refractivity contribution >= 4 is 22.6 Å². The summed E-state index contributed by atoms with van der Waals surface area (Å²) in [6, 6.07) is 10.5. The number of benzene rings is 2. The number of ether oxygens (including phenoxy) is 1. The van der Waals surface area contributed by atoms with Crippen molar-refractivity contribution in [2.24, 2.45) is 7.05 Å². The minimum atomic E-state index is 0.0200. The molecule has 3 aromatic rings. The Morgan fingerprint density at radius 3 is 2.70 bits per heavy atom. The Morgan fingerprint density at radius 1 is 1.19 bits per heavy atom. The van der Waals surface area contributed by atoms with Gasteiger partial charge in [-0.15, -0.1) is 0 Å². The molecule has 5 heteroatoms. The first-order chi connectivity index (χ1) is 13.0. The first-order valence-electron chi connectivity index (χ1n) is 9.56. The van der Waals surface area contributed by atoms with Gasteiger partial charge in [0.15, 0.2) is 5.75 Å². The Hall–Kier alpha value is -2.82. The molecule has 2 aromatic carbocycles. The van der Waals surface area contributed by atoms with E-state index in [0.29, 0.717) is 6.42 Å². The minimum Gasteiger partial charge on any atom is -0.483 e. The topological polar surface area (TPSA) is 47.4 Å². The molecular formula is C22H23N3O2. The molecule has 0 aliphatic carbocycles. The van der Waals surface area contributed by atoms with E-state index >= 15 is 0 Å². The number of hydrogen-bond donors (Lipinski definition) is 0. The van der Waals surface area contributed by atoms with Crippen LogP contribution in [0.4, 0.5) is 5.69 Å². The lowest BCUT2D eigenvalue weighted by molar-refractivity contribution is -0.122. The molecule has 2 aliphatic rings. The van der Waals surface area contributed by atoms with E-state index in [4.69, 9.17) is 9.72 Å². The summed E-state index contributed by atoms with van der Waals surface area (Å²) in [5.41, 5.74) is 6.52. The van der Waals surface area contributed by atoms with Gasteiger partial charge in [-0.3, -0.25) is 4.79 Å². The highest BCUT2D eigenvalue weighted by Crippen LogP contribution is 2.45. The van der Waals surface area contributed by atoms with Crippen molar-refractivity contribution in [2.45, 2.75) is 39.2 Å². The molecule has 0 saturated carbocycles. The maximum absolute atomic E-state index is 12.1. The molecule has 1 aromatic heterocycles. The summed E-state index contributed by atoms with van der Waals surface area (Å²) >= 11 is 0. The van der Waals surface area contributed by atoms with Gasteiger partial charge in [0.2, 0.25) is 5.91 Å². The highest BCUT2D eigenvalue weighted by molar-refractivity contribution is 6.03. The Labute approximate surface area is 158 Å². The molecule has 1 fully saturated rings. The maximum Gasteiger partial charge on any atom is 0.228 e. The molecule has 1 amide bonds. The van der Waals surface area contributed by atoms with Crippen molar-refractivity contribution in [1.29, 1.82) is 0 Å². The highest BCUT2D eigenvalue weighted by Gasteiger charge is 2.34. The van der Waals surface area contributed by atoms with Gasteiger partial charge in [-0.2, -0.15) is 0 Å². The normalized spacial score (nSPS) is 19.0. The van der Waals surface area contributed by atoms with Crippen LogP contribution in [0.3, 0.4) is 0 Å². The van der Waals surface area contributed by atoms with Gasteiger partial charge in [0.05, 0.1) is 11.2 Å². The van der Waals surface area contributed by atoms with Gasteiger partial charge in [0.25, 0.3) is 0 Å². The van der Waals surface area contributed by atoms with E-state index < -0.39 is 0 Å². The van der Waals surface area contributed by atoms with Gasteiger partial charge >= 0.3 is 0 Å². The maximum atomic E-state index is 12.1. The molecule has 138 valence electrons. The van der Waals surface area contributed by atoms with E-state index in [1.165, 1.54) is 11.1 Å². The van der Waals surface area contributed by atoms with Gasteiger partial charge in [0.1, 0.15) is 17.4 Å². The molecule has 5 rings (SSSR count). The Balaban J connectivity index is 1.68. The van der Waals surface area contributed by atoms with E-state index in [0.717, 1.165) is 53.2 Å². The third kappa shape index (κ3) is 2.37. The standard InChI is InChI=1S/C22H23N3O2/c1-13-6-4-5-7-15(13)19-9-8-16-17(25-11-10-20(25)26)12-18-21(22(16)27-19)23-14(2)24(18)3/h4-7,12,19H,8-11H2,1-3H3/t19-/m0/s1. The van der Waals surface area contributed by atoms with Gasteiger partial charge in [-0.05, 0) is 43.9 Å². The van der Waals surface area contributed by atoms with Crippen molar-refractivity contribution < 1.29 is 9.53 Å². The van der Waals surface area contributed by atoms with Crippen molar-refractivity contribution in [3.8, 4) is 5.75 Å². The molecule has 3 heterocycles. The zero-order valence-electron chi connectivity index (χ0n) is 16.0. The summed E-state index contributed by atoms with van der Waals surface area (Å²) in [7, 11) is 2.01. The Morgan fingerprint density at radius 2 is 2.00 bits per heavy atom. The van der Waals surface area contributed by atoms with E-state index in [1.54, 1.807) is 0 Å². The molecular weight excluding hydrogens is 338 g/mol. The number of amides is 1. The quantitative estimate of drug-likeness (QED) is 0.649. The molecule has 0 spiro atoms. The monoisotopic (exact) mass is 361 g/mol. The molecule has 0 unspecified atom stereocenters. The van der Waals surface area contributed by atoms with E-state index in [2.05, 4.69) is 41.8 Å². The van der Waals surface area contributed by atoms with Crippen LogP contribution in [0.15, 0.2) is 30.3 Å². The molecule has 2 aliphatic heterocycles. The molecule has 5 nitrogen and oxygen atoms in total. The van der Waals surface area contributed by atoms with E-state index in [1.807, 2.05) is 18.9 Å². The summed E-state index contributed by atoms with van der Waals surface area (Å²) in [6.07, 6.45) is 2.44. The number of carbonyl (C=O) groups excluding carboxylic acids is 1. The van der Waals surface area contributed by atoms with Gasteiger partial charge in [-0.1, -0.05) is 24.3 Å². The average molecular weight is 361 g/mol. The minimum absolute atomic E-state index is 0.0200. The van der Waals surface area contributed by atoms with Crippen LogP contribution in [0.25, 0.3) is 11.0 Å². The van der Waals surface area contributed by atoms with Crippen molar-refractivity contribution in [3.63, 3.8) is 0 Å². The molecule has 1 atom stereocenters. The summed E-state index contributed by atoms with van der Waals surface area (Å²) in [6.45, 7) is 4.92. The number of fused-ring (bicyclic) bond motifs is 3. The molecule has 0 bridgehead atoms. The molecule has 0 radical (unpaired) electrons. The zero-order chi connectivity index (χ0) is 18.7. The first-order valence-corrected chi connectivity index (χ1v) is 9.56. The largest absolute Gasteiger partial charge is 0.483 e. The fourth-order valence-electron chi connectivity index (χ4n) is 4.26. The molecule has 0 N–H and O–H groups in total. The van der Waals surface area contributed by atoms with Crippen LogP contribution in [-0.4, -0.2) is 22.0 Å². The lowest BCUT2D eigenvalue weighted by Crippen LogP contribution is -2.44. The van der Waals surface area contributed by atoms with Gasteiger partial charge in [0, 0.05) is 25.6 Å². The first kappa shape index (κ1) is 16.4. The number of β-lactam (4-membered cyclic amide) rings is 1. The lowest BCUT2D eigenvalue weighted by atomic mass is 9.92. The van der Waals surface area contributed by atoms with Crippen LogP contribution < -0.4 is 9.64 Å². The summed E-state index contributed by atoms with van der Waals surface area (Å²) in [4.78, 5) is 18.8. The zero-order valence-corrected chi connectivity index (χ0v) is 16.0. The fourth-order valence-corrected chi connectivity index (χ4v) is 4.26. The number of nitrogens with zero attached hydrogens (tertiary/aromatic N) is 3. The highest BCUT2D eigenvalue weighted by atomic mass is 16.5. The second-order valence-electron chi connectivity index (χ2n) is 7.59. The van der Waals surface area contributed by atoms with Crippen molar-refractivity contribution in [1.82, 2.24) is 9.55 Å². The van der Waals surface area contributed by atoms with Crippen LogP contribution in [0.2, 0.25) is 0 Å². The molecule has 27 heavy (non-hydrogen) atoms. The third-order valence-corrected chi connectivity index (χ3v) is 6.03. The fraction of sp³-hybridized carbons (Fsp3) is 0.364. The van der Waals surface area contributed by atoms with Crippen LogP contribution >= 0.6 is 0 Å². The van der Waals surface area contributed by atoms with Crippen LogP contribution in [0, 0.1) is 13.8 Å². The SMILES string of the molecule is Cc1ccccc1[C@@H]1CCc2c(N3CCC3=O)cc3c(nc(C)n3C)c2O1. The number of anilines is 1. The smallest absolute Gasteiger partial charge is 0.228 e. The Bertz CT molecular complexity index is 1080. The third-order valence-electron chi connectivity index (χ3n) is 6.03. The average Bonchev–Trinajstić information content (AvgIpc) is 2.95. The van der Waals surface area contributed by atoms with Gasteiger partial charge < -0.3 is 14.2 Å². The van der Waals surface area contributed by atoms with Crippen LogP contribution in [-0.2, 0) is 18.3 Å². The number of aryl methyl sites for hydroxylation is 3.